The van der Waals surface area contributed by atoms with Crippen LogP contribution in [-0.4, -0.2) is 47.6 Å². The molecule has 0 bridgehead atoms. The molecule has 2 aliphatic rings. The number of carbonyl (C=O) groups is 2. The number of methoxy groups -OCH3 is 1. The number of thiazole rings is 1. The monoisotopic (exact) mass is 372 g/mol. The maximum Gasteiger partial charge on any atom is 0.325 e. The molecule has 7 nitrogen and oxygen atoms in total. The summed E-state index contributed by atoms with van der Waals surface area (Å²) in [6.45, 7) is 1.72. The number of urea groups is 1. The fourth-order valence-electron chi connectivity index (χ4n) is 3.44. The predicted octanol–water partition coefficient (Wildman–Crippen LogP) is 1.99. The van der Waals surface area contributed by atoms with E-state index < -0.39 is 5.54 Å². The molecule has 2 aromatic rings. The smallest absolute Gasteiger partial charge is 0.325 e. The fourth-order valence-corrected chi connectivity index (χ4v) is 4.34. The highest BCUT2D eigenvalue weighted by molar-refractivity contribution is 7.15. The molecule has 2 aliphatic heterocycles. The summed E-state index contributed by atoms with van der Waals surface area (Å²) < 4.78 is 5.25. The van der Waals surface area contributed by atoms with Gasteiger partial charge in [0.2, 0.25) is 0 Å². The van der Waals surface area contributed by atoms with Gasteiger partial charge in [-0.3, -0.25) is 9.69 Å². The molecule has 2 N–H and O–H groups in total. The van der Waals surface area contributed by atoms with Crippen molar-refractivity contribution in [2.75, 3.05) is 20.2 Å². The Bertz CT molecular complexity index is 844. The molecule has 0 atom stereocenters. The normalized spacial score (nSPS) is 19.0. The van der Waals surface area contributed by atoms with Crippen LogP contribution in [0.4, 0.5) is 4.79 Å². The van der Waals surface area contributed by atoms with Gasteiger partial charge in [0.1, 0.15) is 16.3 Å². The van der Waals surface area contributed by atoms with E-state index >= 15 is 0 Å². The van der Waals surface area contributed by atoms with E-state index in [1.807, 2.05) is 24.3 Å². The Hall–Kier alpha value is -2.45. The maximum absolute atomic E-state index is 12.8. The average molecular weight is 372 g/mol. The third-order valence-corrected chi connectivity index (χ3v) is 5.92. The lowest BCUT2D eigenvalue weighted by Gasteiger charge is -2.31. The third kappa shape index (κ3) is 2.95. The third-order valence-electron chi connectivity index (χ3n) is 4.89. The molecule has 1 aromatic heterocycles. The quantitative estimate of drug-likeness (QED) is 0.802. The minimum atomic E-state index is -0.733. The molecule has 0 aliphatic carbocycles. The Morgan fingerprint density at radius 1 is 1.31 bits per heavy atom. The van der Waals surface area contributed by atoms with Crippen molar-refractivity contribution in [3.8, 4) is 16.3 Å². The first-order valence-electron chi connectivity index (χ1n) is 8.55. The highest BCUT2D eigenvalue weighted by Crippen LogP contribution is 2.31. The number of nitrogens with one attached hydrogen (secondary N) is 2. The van der Waals surface area contributed by atoms with Gasteiger partial charge < -0.3 is 15.4 Å². The van der Waals surface area contributed by atoms with E-state index in [2.05, 4.69) is 15.6 Å². The summed E-state index contributed by atoms with van der Waals surface area (Å²) in [5.74, 6) is 0.640. The van der Waals surface area contributed by atoms with Crippen molar-refractivity contribution in [1.29, 1.82) is 0 Å². The molecule has 136 valence electrons. The Morgan fingerprint density at radius 2 is 2.12 bits per heavy atom. The molecular formula is C18H20N4O3S. The Kier molecular flexibility index (Phi) is 4.37. The van der Waals surface area contributed by atoms with Crippen molar-refractivity contribution in [1.82, 2.24) is 20.5 Å². The van der Waals surface area contributed by atoms with Crippen molar-refractivity contribution < 1.29 is 14.3 Å². The Morgan fingerprint density at radius 3 is 2.88 bits per heavy atom. The first kappa shape index (κ1) is 17.0. The molecule has 8 heteroatoms. The van der Waals surface area contributed by atoms with E-state index in [1.54, 1.807) is 13.3 Å². The molecule has 3 amide bonds. The number of amides is 3. The molecule has 2 saturated heterocycles. The highest BCUT2D eigenvalue weighted by atomic mass is 32.1. The molecule has 2 fully saturated rings. The van der Waals surface area contributed by atoms with Crippen molar-refractivity contribution >= 4 is 23.3 Å². The second-order valence-electron chi connectivity index (χ2n) is 6.52. The van der Waals surface area contributed by atoms with Gasteiger partial charge in [-0.1, -0.05) is 12.1 Å². The minimum absolute atomic E-state index is 0.125. The molecule has 0 radical (unpaired) electrons. The van der Waals surface area contributed by atoms with Gasteiger partial charge in [-0.25, -0.2) is 9.78 Å². The topological polar surface area (TPSA) is 83.6 Å². The van der Waals surface area contributed by atoms with Crippen LogP contribution in [0.1, 0.15) is 17.7 Å². The summed E-state index contributed by atoms with van der Waals surface area (Å²) in [7, 11) is 1.63. The Balaban J connectivity index is 1.52. The maximum atomic E-state index is 12.8. The second kappa shape index (κ2) is 6.69. The number of rotatable bonds is 4. The number of imide groups is 1. The molecule has 1 spiro atoms. The van der Waals surface area contributed by atoms with E-state index in [0.29, 0.717) is 12.8 Å². The van der Waals surface area contributed by atoms with Gasteiger partial charge >= 0.3 is 6.03 Å². The van der Waals surface area contributed by atoms with Crippen molar-refractivity contribution in [2.45, 2.75) is 24.9 Å². The molecular weight excluding hydrogens is 352 g/mol. The second-order valence-corrected chi connectivity index (χ2v) is 7.63. The van der Waals surface area contributed by atoms with E-state index in [0.717, 1.165) is 34.3 Å². The molecule has 0 saturated carbocycles. The van der Waals surface area contributed by atoms with Gasteiger partial charge in [-0.15, -0.1) is 11.3 Å². The summed E-state index contributed by atoms with van der Waals surface area (Å²) in [4.78, 5) is 31.8. The summed E-state index contributed by atoms with van der Waals surface area (Å²) in [6, 6.07) is 7.36. The summed E-state index contributed by atoms with van der Waals surface area (Å²) >= 11 is 1.48. The molecule has 1 aromatic carbocycles. The van der Waals surface area contributed by atoms with Crippen molar-refractivity contribution in [2.24, 2.45) is 0 Å². The Labute approximate surface area is 155 Å². The number of ether oxygens (including phenoxy) is 1. The fraction of sp³-hybridized carbons (Fsp3) is 0.389. The SMILES string of the molecule is COc1cccc(-c2ncc(CN3C(=O)NC4(CCNCC4)C3=O)s2)c1. The standard InChI is InChI=1S/C18H20N4O3S/c1-25-13-4-2-3-12(9-13)15-20-10-14(26-15)11-22-16(23)18(21-17(22)24)5-7-19-8-6-18/h2-4,9-10,19H,5-8,11H2,1H3,(H,21,24). The van der Waals surface area contributed by atoms with Gasteiger partial charge in [0.15, 0.2) is 0 Å². The van der Waals surface area contributed by atoms with Crippen LogP contribution in [0.15, 0.2) is 30.5 Å². The molecule has 4 rings (SSSR count). The zero-order valence-electron chi connectivity index (χ0n) is 14.4. The van der Waals surface area contributed by atoms with Crippen LogP contribution >= 0.6 is 11.3 Å². The van der Waals surface area contributed by atoms with Gasteiger partial charge in [0.05, 0.1) is 13.7 Å². The minimum Gasteiger partial charge on any atom is -0.497 e. The van der Waals surface area contributed by atoms with E-state index in [-0.39, 0.29) is 18.5 Å². The highest BCUT2D eigenvalue weighted by Gasteiger charge is 2.51. The summed E-state index contributed by atoms with van der Waals surface area (Å²) in [6.07, 6.45) is 2.99. The lowest BCUT2D eigenvalue weighted by molar-refractivity contribution is -0.132. The number of nitrogens with zero attached hydrogens (tertiary/aromatic N) is 2. The molecule has 3 heterocycles. The number of carbonyl (C=O) groups excluding carboxylic acids is 2. The molecule has 26 heavy (non-hydrogen) atoms. The summed E-state index contributed by atoms with van der Waals surface area (Å²) in [5.41, 5.74) is 0.218. The van der Waals surface area contributed by atoms with E-state index in [4.69, 9.17) is 4.74 Å². The van der Waals surface area contributed by atoms with Gasteiger partial charge in [-0.05, 0) is 38.1 Å². The van der Waals surface area contributed by atoms with Crippen LogP contribution in [0.3, 0.4) is 0 Å². The largest absolute Gasteiger partial charge is 0.497 e. The van der Waals surface area contributed by atoms with Crippen molar-refractivity contribution in [3.05, 3.63) is 35.3 Å². The lowest BCUT2D eigenvalue weighted by Crippen LogP contribution is -2.53. The van der Waals surface area contributed by atoms with Crippen LogP contribution in [0.5, 0.6) is 5.75 Å². The van der Waals surface area contributed by atoms with E-state index in [9.17, 15) is 9.59 Å². The number of hydrogen-bond acceptors (Lipinski definition) is 6. The van der Waals surface area contributed by atoms with Crippen molar-refractivity contribution in [3.63, 3.8) is 0 Å². The zero-order chi connectivity index (χ0) is 18.1. The number of hydrogen-bond donors (Lipinski definition) is 2. The average Bonchev–Trinajstić information content (AvgIpc) is 3.22. The van der Waals surface area contributed by atoms with Crippen LogP contribution in [0.25, 0.3) is 10.6 Å². The van der Waals surface area contributed by atoms with Gasteiger partial charge in [-0.2, -0.15) is 0 Å². The number of benzene rings is 1. The predicted molar refractivity (Wildman–Crippen MR) is 98.0 cm³/mol. The zero-order valence-corrected chi connectivity index (χ0v) is 15.3. The summed E-state index contributed by atoms with van der Waals surface area (Å²) in [5, 5.41) is 6.97. The number of aromatic nitrogens is 1. The van der Waals surface area contributed by atoms with Gasteiger partial charge in [0, 0.05) is 16.6 Å². The van der Waals surface area contributed by atoms with E-state index in [1.165, 1.54) is 16.2 Å². The van der Waals surface area contributed by atoms with Crippen LogP contribution in [0.2, 0.25) is 0 Å². The van der Waals surface area contributed by atoms with Crippen LogP contribution < -0.4 is 15.4 Å². The van der Waals surface area contributed by atoms with Gasteiger partial charge in [0.25, 0.3) is 5.91 Å². The van der Waals surface area contributed by atoms with Crippen LogP contribution in [-0.2, 0) is 11.3 Å². The lowest BCUT2D eigenvalue weighted by atomic mass is 9.88. The van der Waals surface area contributed by atoms with Crippen LogP contribution in [0, 0.1) is 0 Å². The first-order valence-corrected chi connectivity index (χ1v) is 9.37. The molecule has 0 unspecified atom stereocenters. The number of piperidine rings is 1. The first-order chi connectivity index (χ1) is 12.6.